The number of halogens is 3. The van der Waals surface area contributed by atoms with E-state index in [2.05, 4.69) is 61.9 Å². The summed E-state index contributed by atoms with van der Waals surface area (Å²) in [6.07, 6.45) is 3.96. The van der Waals surface area contributed by atoms with E-state index in [0.29, 0.717) is 78.2 Å². The Morgan fingerprint density at radius 2 is 0.958 bits per heavy atom. The molecule has 5 aliphatic rings. The first kappa shape index (κ1) is 97.0. The molecule has 30 heteroatoms. The van der Waals surface area contributed by atoms with Gasteiger partial charge in [-0.25, -0.2) is 9.59 Å². The highest BCUT2D eigenvalue weighted by Gasteiger charge is 2.50. The first-order valence-electron chi connectivity index (χ1n) is 41.2. The second kappa shape index (κ2) is 47.8. The fourth-order valence-electron chi connectivity index (χ4n) is 13.8. The van der Waals surface area contributed by atoms with E-state index in [1.807, 2.05) is 65.8 Å². The third-order valence-electron chi connectivity index (χ3n) is 21.3. The number of nitrogens with zero attached hydrogens (tertiary/aromatic N) is 2. The van der Waals surface area contributed by atoms with Gasteiger partial charge in [-0.3, -0.25) is 43.4 Å². The summed E-state index contributed by atoms with van der Waals surface area (Å²) in [6, 6.07) is 24.5. The lowest BCUT2D eigenvalue weighted by Crippen LogP contribution is -2.51. The van der Waals surface area contributed by atoms with Gasteiger partial charge < -0.3 is 78.1 Å². The highest BCUT2D eigenvalue weighted by atomic mass is 35.5. The van der Waals surface area contributed by atoms with Crippen molar-refractivity contribution in [3.63, 3.8) is 0 Å². The van der Waals surface area contributed by atoms with Crippen LogP contribution in [-0.4, -0.2) is 218 Å². The molecule has 0 spiro atoms. The Balaban J connectivity index is 0.000000319. The van der Waals surface area contributed by atoms with Gasteiger partial charge in [-0.2, -0.15) is 0 Å². The molecule has 0 bridgehead atoms. The Kier molecular flexibility index (Phi) is 38.6. The van der Waals surface area contributed by atoms with Crippen LogP contribution >= 0.6 is 34.8 Å². The Labute approximate surface area is 720 Å². The second-order valence-corrected chi connectivity index (χ2v) is 34.1. The van der Waals surface area contributed by atoms with E-state index in [1.165, 1.54) is 38.0 Å². The maximum absolute atomic E-state index is 13.9. The van der Waals surface area contributed by atoms with Crippen LogP contribution in [0.3, 0.4) is 0 Å². The zero-order valence-corrected chi connectivity index (χ0v) is 73.4. The molecule has 4 aromatic rings. The molecule has 4 amide bonds. The molecular weight excluding hydrogens is 1610 g/mol. The van der Waals surface area contributed by atoms with Gasteiger partial charge in [0.15, 0.2) is 12.2 Å². The van der Waals surface area contributed by atoms with E-state index in [9.17, 15) is 43.2 Å². The summed E-state index contributed by atoms with van der Waals surface area (Å²) >= 11 is 18.7. The molecule has 5 heterocycles. The standard InChI is InChI=1S/C53H75ClN4O13.C37H46Cl2N2O8/c1-8-24-68-47(60)18-25-65-27-29-67-30-28-66-26-23-57-19-21-58(22-20-57)34-38-12-15-40(16-13-38)49-48(71-49)37(4)43-10-9-11-46(59)56-42(33-39-14-17-44(64-7)41(54)32-39)50(61)55-35-53(5,6)52(63)70-45(31-36(2)3)51(62)69-43;1-21(2)16-30-35(44)47-28(22(3)32-33(49-32)25-13-10-23(19-38)11-14-25)8-7-9-31(42)41-27(18-24-12-15-29(46-6)26(39)17-24)34(43)40-20-37(4,5)36(45)48-30/h8-9,11-17,32,36-37,42-43,45,48-49H,1,10,18-31,33-35H2,2-7H3,(H,55,61)(H,56,59);7,9-15,17,21-22,27-28,30,32-33H,8,16,18-20H2,1-6H3,(H,40,43)(H,41,42)/b11-9+;9-7+/t37-,42+,43-,45-,48+,49+;22-,27+,28-,30-,32+,33+/m00/s1. The van der Waals surface area contributed by atoms with E-state index in [1.54, 1.807) is 76.2 Å². The Hall–Kier alpha value is -8.48. The van der Waals surface area contributed by atoms with Crippen molar-refractivity contribution < 1.29 is 100.0 Å². The number of methoxy groups -OCH3 is 2. The maximum Gasteiger partial charge on any atom is 0.347 e. The van der Waals surface area contributed by atoms with Crippen LogP contribution in [0.25, 0.3) is 0 Å². The van der Waals surface area contributed by atoms with Gasteiger partial charge >= 0.3 is 29.8 Å². The highest BCUT2D eigenvalue weighted by Crippen LogP contribution is 2.47. The third-order valence-corrected chi connectivity index (χ3v) is 22.2. The molecule has 0 radical (unpaired) electrons. The van der Waals surface area contributed by atoms with Gasteiger partial charge in [0, 0.05) is 95.8 Å². The molecule has 9 rings (SSSR count). The lowest BCUT2D eigenvalue weighted by molar-refractivity contribution is -0.179. The lowest BCUT2D eigenvalue weighted by atomic mass is 9.92. The van der Waals surface area contributed by atoms with E-state index in [4.69, 9.17) is 91.6 Å². The molecule has 4 aromatic carbocycles. The first-order valence-corrected chi connectivity index (χ1v) is 42.5. The minimum Gasteiger partial charge on any atom is -0.495 e. The normalized spacial score (nSPS) is 24.6. The minimum atomic E-state index is -1.23. The lowest BCUT2D eigenvalue weighted by Gasteiger charge is -2.34. The monoisotopic (exact) mass is 1730 g/mol. The number of rotatable bonds is 33. The van der Waals surface area contributed by atoms with Crippen LogP contribution in [0.15, 0.2) is 122 Å². The summed E-state index contributed by atoms with van der Waals surface area (Å²) in [4.78, 5) is 125. The highest BCUT2D eigenvalue weighted by molar-refractivity contribution is 6.32. The van der Waals surface area contributed by atoms with E-state index in [-0.39, 0.29) is 119 Å². The fraction of sp³-hybridized carbons (Fsp3) is 0.567. The Bertz CT molecular complexity index is 4120. The van der Waals surface area contributed by atoms with Crippen molar-refractivity contribution in [1.82, 2.24) is 31.1 Å². The number of cyclic esters (lactones) is 4. The van der Waals surface area contributed by atoms with Crippen molar-refractivity contribution in [1.29, 1.82) is 0 Å². The molecule has 0 aromatic heterocycles. The number of epoxide rings is 2. The van der Waals surface area contributed by atoms with Gasteiger partial charge in [0.1, 0.15) is 54.6 Å². The predicted octanol–water partition coefficient (Wildman–Crippen LogP) is 11.3. The molecule has 0 saturated carbocycles. The summed E-state index contributed by atoms with van der Waals surface area (Å²) in [5, 5.41) is 11.9. The molecule has 0 aliphatic carbocycles. The number of carbonyl (C=O) groups excluding carboxylic acids is 9. The smallest absolute Gasteiger partial charge is 0.347 e. The number of ether oxygens (including phenoxy) is 12. The summed E-state index contributed by atoms with van der Waals surface area (Å²) in [7, 11) is 3.01. The van der Waals surface area contributed by atoms with Gasteiger partial charge in [0.25, 0.3) is 0 Å². The first-order chi connectivity index (χ1) is 57.3. The molecule has 658 valence electrons. The third kappa shape index (κ3) is 31.1. The quantitative estimate of drug-likeness (QED) is 0.00860. The molecular formula is C90H121Cl3N6O21. The molecule has 3 fully saturated rings. The number of benzene rings is 4. The van der Waals surface area contributed by atoms with Gasteiger partial charge in [-0.05, 0) is 122 Å². The molecule has 4 N–H and O–H groups in total. The van der Waals surface area contributed by atoms with E-state index >= 15 is 0 Å². The predicted molar refractivity (Wildman–Crippen MR) is 453 cm³/mol. The maximum atomic E-state index is 13.9. The number of amides is 4. The van der Waals surface area contributed by atoms with E-state index in [0.717, 1.165) is 56.0 Å². The van der Waals surface area contributed by atoms with Crippen LogP contribution in [0, 0.1) is 34.5 Å². The number of alkyl halides is 1. The zero-order chi connectivity index (χ0) is 87.2. The molecule has 12 atom stereocenters. The van der Waals surface area contributed by atoms with Crippen LogP contribution in [0.2, 0.25) is 10.0 Å². The van der Waals surface area contributed by atoms with Crippen molar-refractivity contribution in [3.8, 4) is 11.5 Å². The summed E-state index contributed by atoms with van der Waals surface area (Å²) < 4.78 is 68.4. The number of carbonyl (C=O) groups is 9. The van der Waals surface area contributed by atoms with Gasteiger partial charge in [-0.15, -0.1) is 11.6 Å². The van der Waals surface area contributed by atoms with Crippen LogP contribution in [-0.2, 0) is 116 Å². The number of piperazine rings is 1. The van der Waals surface area contributed by atoms with Crippen molar-refractivity contribution in [2.45, 2.75) is 188 Å². The number of hydrogen-bond donors (Lipinski definition) is 4. The molecule has 0 unspecified atom stereocenters. The molecule has 3 saturated heterocycles. The average Bonchev–Trinajstić information content (AvgIpc) is 1.63. The fourth-order valence-corrected chi connectivity index (χ4v) is 14.5. The van der Waals surface area contributed by atoms with Gasteiger partial charge in [-0.1, -0.05) is 150 Å². The second-order valence-electron chi connectivity index (χ2n) is 33.0. The average molecular weight is 1730 g/mol. The van der Waals surface area contributed by atoms with Crippen molar-refractivity contribution in [3.05, 3.63) is 165 Å². The van der Waals surface area contributed by atoms with Crippen LogP contribution in [0.5, 0.6) is 11.5 Å². The molecule has 27 nitrogen and oxygen atoms in total. The van der Waals surface area contributed by atoms with Crippen LogP contribution < -0.4 is 30.7 Å². The number of hydrogen-bond acceptors (Lipinski definition) is 23. The molecule has 5 aliphatic heterocycles. The SMILES string of the molecule is C=CCOC(=O)CCOCCOCCOCCN1CCN(Cc2ccc([C@H]3O[C@@H]3[C@@H](C)[C@@H]3C/C=C/C(=O)N[C@H](Cc4ccc(OC)c(Cl)c4)C(=O)NCC(C)(C)C(=O)O[C@@H](CC(C)C)C(=O)O3)cc2)CC1.COc1ccc(C[C@H]2NC(=O)/C=C/C[C@@H]([C@H](C)[C@H]3O[C@@H]3c3ccc(CCl)cc3)OC(=O)[C@H](CC(C)C)OC(=O)C(C)(C)CNC2=O)cc1Cl. The Morgan fingerprint density at radius 1 is 0.550 bits per heavy atom. The topological polar surface area (TPSA) is 326 Å². The molecule has 120 heavy (non-hydrogen) atoms. The van der Waals surface area contributed by atoms with Crippen molar-refractivity contribution >= 4 is 88.3 Å². The number of nitrogens with one attached hydrogen (secondary N) is 4. The van der Waals surface area contributed by atoms with E-state index < -0.39 is 94.8 Å². The summed E-state index contributed by atoms with van der Waals surface area (Å²) in [5.41, 5.74) is 3.13. The minimum absolute atomic E-state index is 0.00836. The number of esters is 5. The van der Waals surface area contributed by atoms with Crippen LogP contribution in [0.1, 0.15) is 147 Å². The summed E-state index contributed by atoms with van der Waals surface area (Å²) in [6.45, 7) is 29.8. The summed E-state index contributed by atoms with van der Waals surface area (Å²) in [5.74, 6) is -4.26. The van der Waals surface area contributed by atoms with Crippen molar-refractivity contribution in [2.24, 2.45) is 34.5 Å². The zero-order valence-electron chi connectivity index (χ0n) is 71.1. The van der Waals surface area contributed by atoms with Crippen LogP contribution in [0.4, 0.5) is 0 Å². The van der Waals surface area contributed by atoms with Gasteiger partial charge in [0.05, 0.1) is 93.4 Å². The Morgan fingerprint density at radius 3 is 1.37 bits per heavy atom. The van der Waals surface area contributed by atoms with Crippen molar-refractivity contribution in [2.75, 3.05) is 106 Å². The van der Waals surface area contributed by atoms with Gasteiger partial charge in [0.2, 0.25) is 23.6 Å². The largest absolute Gasteiger partial charge is 0.495 e.